The first-order valence-electron chi connectivity index (χ1n) is 12.0. The maximum absolute atomic E-state index is 15.2. The topological polar surface area (TPSA) is 125 Å². The number of carbonyl (C=O) groups is 1. The number of halogens is 1. The van der Waals surface area contributed by atoms with Gasteiger partial charge in [-0.1, -0.05) is 26.8 Å². The number of aromatic amines is 2. The number of fused-ring (bicyclic) bond motifs is 2. The summed E-state index contributed by atoms with van der Waals surface area (Å²) >= 11 is 0. The molecule has 38 heavy (non-hydrogen) atoms. The summed E-state index contributed by atoms with van der Waals surface area (Å²) in [4.78, 5) is 33.3. The van der Waals surface area contributed by atoms with E-state index in [2.05, 4.69) is 40.4 Å². The molecule has 0 saturated carbocycles. The zero-order valence-corrected chi connectivity index (χ0v) is 20.9. The van der Waals surface area contributed by atoms with E-state index >= 15 is 4.39 Å². The normalized spacial score (nSPS) is 11.8. The molecule has 6 aromatic rings. The number of anilines is 1. The van der Waals surface area contributed by atoms with E-state index in [4.69, 9.17) is 0 Å². The molecule has 188 valence electrons. The average molecular weight is 507 g/mol. The van der Waals surface area contributed by atoms with Gasteiger partial charge in [-0.25, -0.2) is 14.4 Å². The number of nitrogens with one attached hydrogen (secondary N) is 3. The Bertz CT molecular complexity index is 1820. The lowest BCUT2D eigenvalue weighted by molar-refractivity contribution is -0.123. The fourth-order valence-electron chi connectivity index (χ4n) is 4.20. The number of aromatic nitrogens is 7. The van der Waals surface area contributed by atoms with Gasteiger partial charge in [0.25, 0.3) is 0 Å². The van der Waals surface area contributed by atoms with Gasteiger partial charge in [-0.3, -0.25) is 19.9 Å². The minimum atomic E-state index is -0.564. The number of carbonyl (C=O) groups excluding carboxylic acids is 1. The van der Waals surface area contributed by atoms with Crippen molar-refractivity contribution in [2.24, 2.45) is 5.41 Å². The van der Waals surface area contributed by atoms with Crippen LogP contribution in [0.15, 0.2) is 67.4 Å². The minimum absolute atomic E-state index is 0.139. The summed E-state index contributed by atoms with van der Waals surface area (Å²) in [5, 5.41) is 10.5. The van der Waals surface area contributed by atoms with Crippen molar-refractivity contribution >= 4 is 33.7 Å². The highest BCUT2D eigenvalue weighted by molar-refractivity contribution is 5.98. The van der Waals surface area contributed by atoms with E-state index in [1.165, 1.54) is 6.07 Å². The number of rotatable bonds is 4. The smallest absolute Gasteiger partial charge is 0.229 e. The van der Waals surface area contributed by atoms with Crippen LogP contribution in [0.25, 0.3) is 55.8 Å². The lowest BCUT2D eigenvalue weighted by Crippen LogP contribution is -2.27. The molecule has 5 heterocycles. The molecule has 5 aromatic heterocycles. The van der Waals surface area contributed by atoms with Crippen LogP contribution < -0.4 is 5.32 Å². The van der Waals surface area contributed by atoms with E-state index in [9.17, 15) is 4.79 Å². The Kier molecular flexibility index (Phi) is 5.45. The van der Waals surface area contributed by atoms with Gasteiger partial charge in [0.1, 0.15) is 11.2 Å². The number of benzene rings is 1. The molecule has 10 heteroatoms. The summed E-state index contributed by atoms with van der Waals surface area (Å²) in [5.74, 6) is -0.152. The molecular formula is C28H23FN8O. The van der Waals surface area contributed by atoms with Crippen LogP contribution in [-0.2, 0) is 4.79 Å². The van der Waals surface area contributed by atoms with Crippen LogP contribution in [0, 0.1) is 11.2 Å². The number of hydrogen-bond acceptors (Lipinski definition) is 6. The number of imidazole rings is 1. The molecule has 3 N–H and O–H groups in total. The third kappa shape index (κ3) is 4.15. The van der Waals surface area contributed by atoms with E-state index < -0.39 is 11.2 Å². The Morgan fingerprint density at radius 3 is 2.61 bits per heavy atom. The maximum Gasteiger partial charge on any atom is 0.229 e. The Hall–Kier alpha value is -4.99. The van der Waals surface area contributed by atoms with Gasteiger partial charge in [0, 0.05) is 52.3 Å². The molecule has 0 aliphatic heterocycles. The monoisotopic (exact) mass is 506 g/mol. The second-order valence-corrected chi connectivity index (χ2v) is 10.0. The second kappa shape index (κ2) is 8.84. The summed E-state index contributed by atoms with van der Waals surface area (Å²) in [6.45, 7) is 5.49. The van der Waals surface area contributed by atoms with Gasteiger partial charge in [0.2, 0.25) is 5.91 Å². The fourth-order valence-corrected chi connectivity index (χ4v) is 4.20. The van der Waals surface area contributed by atoms with Crippen molar-refractivity contribution in [3.05, 3.63) is 73.2 Å². The average Bonchev–Trinajstić information content (AvgIpc) is 3.53. The lowest BCUT2D eigenvalue weighted by Gasteiger charge is -2.17. The number of nitrogens with zero attached hydrogens (tertiary/aromatic N) is 5. The number of hydrogen-bond donors (Lipinski definition) is 3. The molecule has 6 rings (SSSR count). The van der Waals surface area contributed by atoms with Gasteiger partial charge in [-0.05, 0) is 35.9 Å². The van der Waals surface area contributed by atoms with E-state index in [-0.39, 0.29) is 11.4 Å². The summed E-state index contributed by atoms with van der Waals surface area (Å²) in [7, 11) is 0. The van der Waals surface area contributed by atoms with E-state index in [0.717, 1.165) is 16.6 Å². The SMILES string of the molecule is CC(C)(C)C(=O)Nc1cncc(-c2cc(F)c3n[nH]c(-c4nc5nccc(-c6cccnc6)c5[nH]4)c3c2)c1. The van der Waals surface area contributed by atoms with Crippen LogP contribution in [0.2, 0.25) is 0 Å². The highest BCUT2D eigenvalue weighted by Crippen LogP contribution is 2.34. The summed E-state index contributed by atoms with van der Waals surface area (Å²) in [6, 6.07) is 10.7. The third-order valence-electron chi connectivity index (χ3n) is 6.22. The minimum Gasteiger partial charge on any atom is -0.335 e. The van der Waals surface area contributed by atoms with E-state index in [1.807, 2.05) is 45.0 Å². The Labute approximate surface area is 216 Å². The van der Waals surface area contributed by atoms with Gasteiger partial charge in [-0.15, -0.1) is 0 Å². The van der Waals surface area contributed by atoms with Crippen LogP contribution in [0.4, 0.5) is 10.1 Å². The molecule has 0 spiro atoms. The molecule has 0 unspecified atom stereocenters. The van der Waals surface area contributed by atoms with Crippen LogP contribution in [-0.4, -0.2) is 41.0 Å². The summed E-state index contributed by atoms with van der Waals surface area (Å²) < 4.78 is 15.2. The first-order chi connectivity index (χ1) is 18.3. The van der Waals surface area contributed by atoms with Crippen molar-refractivity contribution in [3.8, 4) is 33.8 Å². The van der Waals surface area contributed by atoms with E-state index in [1.54, 1.807) is 37.1 Å². The van der Waals surface area contributed by atoms with Crippen molar-refractivity contribution < 1.29 is 9.18 Å². The molecule has 0 bridgehead atoms. The molecule has 0 aliphatic rings. The number of H-pyrrole nitrogens is 2. The van der Waals surface area contributed by atoms with E-state index in [0.29, 0.717) is 39.4 Å². The van der Waals surface area contributed by atoms with Gasteiger partial charge in [0.05, 0.1) is 17.4 Å². The van der Waals surface area contributed by atoms with Crippen molar-refractivity contribution in [3.63, 3.8) is 0 Å². The molecule has 1 aromatic carbocycles. The van der Waals surface area contributed by atoms with Gasteiger partial charge >= 0.3 is 0 Å². The second-order valence-electron chi connectivity index (χ2n) is 10.0. The maximum atomic E-state index is 15.2. The van der Waals surface area contributed by atoms with Crippen molar-refractivity contribution in [1.29, 1.82) is 0 Å². The zero-order chi connectivity index (χ0) is 26.4. The van der Waals surface area contributed by atoms with Crippen LogP contribution >= 0.6 is 0 Å². The van der Waals surface area contributed by atoms with Crippen molar-refractivity contribution in [1.82, 2.24) is 35.1 Å². The molecule has 0 atom stereocenters. The molecule has 0 aliphatic carbocycles. The van der Waals surface area contributed by atoms with Crippen LogP contribution in [0.5, 0.6) is 0 Å². The molecule has 1 amide bonds. The predicted molar refractivity (Wildman–Crippen MR) is 143 cm³/mol. The fraction of sp³-hybridized carbons (Fsp3) is 0.143. The van der Waals surface area contributed by atoms with Gasteiger partial charge in [-0.2, -0.15) is 5.10 Å². The van der Waals surface area contributed by atoms with Crippen molar-refractivity contribution in [2.75, 3.05) is 5.32 Å². The quantitative estimate of drug-likeness (QED) is 0.280. The highest BCUT2D eigenvalue weighted by Gasteiger charge is 2.22. The summed E-state index contributed by atoms with van der Waals surface area (Å²) in [5.41, 5.74) is 5.00. The molecule has 0 radical (unpaired) electrons. The number of pyridine rings is 3. The van der Waals surface area contributed by atoms with Crippen LogP contribution in [0.3, 0.4) is 0 Å². The van der Waals surface area contributed by atoms with Crippen LogP contribution in [0.1, 0.15) is 20.8 Å². The first-order valence-corrected chi connectivity index (χ1v) is 12.0. The third-order valence-corrected chi connectivity index (χ3v) is 6.22. The number of amides is 1. The lowest BCUT2D eigenvalue weighted by atomic mass is 9.95. The molecule has 9 nitrogen and oxygen atoms in total. The largest absolute Gasteiger partial charge is 0.335 e. The van der Waals surface area contributed by atoms with Gasteiger partial charge in [0.15, 0.2) is 17.3 Å². The Balaban J connectivity index is 1.43. The zero-order valence-electron chi connectivity index (χ0n) is 20.9. The van der Waals surface area contributed by atoms with Gasteiger partial charge < -0.3 is 10.3 Å². The molecule has 0 fully saturated rings. The first kappa shape index (κ1) is 23.4. The molecule has 0 saturated heterocycles. The van der Waals surface area contributed by atoms with Crippen molar-refractivity contribution in [2.45, 2.75) is 20.8 Å². The summed E-state index contributed by atoms with van der Waals surface area (Å²) in [6.07, 6.45) is 8.36. The standard InChI is InChI=1S/C28H23FN8O/c1-28(2,3)27(38)33-18-9-17(13-31-14-18)16-10-20-22(21(29)11-16)36-37-24(20)26-34-23-19(6-8-32-25(23)35-26)15-5-4-7-30-12-15/h4-14H,1-3H3,(H,33,38)(H,36,37)(H,32,34,35). The predicted octanol–water partition coefficient (Wildman–Crippen LogP) is 5.75. The molecular weight excluding hydrogens is 483 g/mol. The Morgan fingerprint density at radius 1 is 0.974 bits per heavy atom. The Morgan fingerprint density at radius 2 is 1.82 bits per heavy atom. The highest BCUT2D eigenvalue weighted by atomic mass is 19.1.